The number of hydrogen-bond donors (Lipinski definition) is 2. The number of carboxylic acids is 1. The summed E-state index contributed by atoms with van der Waals surface area (Å²) in [6.45, 7) is 6.39. The molecule has 2 N–H and O–H groups in total. The molecule has 2 aromatic rings. The summed E-state index contributed by atoms with van der Waals surface area (Å²) in [6.07, 6.45) is 0.0872. The topological polar surface area (TPSA) is 69.6 Å². The van der Waals surface area contributed by atoms with E-state index in [2.05, 4.69) is 5.32 Å². The summed E-state index contributed by atoms with van der Waals surface area (Å²) in [5, 5.41) is 11.8. The van der Waals surface area contributed by atoms with Gasteiger partial charge in [0.15, 0.2) is 0 Å². The molecule has 0 saturated heterocycles. The summed E-state index contributed by atoms with van der Waals surface area (Å²) in [7, 11) is 0. The average molecular weight is 354 g/mol. The molecule has 0 radical (unpaired) electrons. The fourth-order valence-corrected chi connectivity index (χ4v) is 2.74. The van der Waals surface area contributed by atoms with Crippen molar-refractivity contribution in [1.82, 2.24) is 4.90 Å². The highest BCUT2D eigenvalue weighted by atomic mass is 16.4. The number of benzene rings is 2. The predicted octanol–water partition coefficient (Wildman–Crippen LogP) is 4.71. The van der Waals surface area contributed by atoms with Crippen molar-refractivity contribution in [3.05, 3.63) is 65.7 Å². The number of rotatable bonds is 7. The Kier molecular flexibility index (Phi) is 6.78. The Morgan fingerprint density at radius 3 is 2.15 bits per heavy atom. The van der Waals surface area contributed by atoms with Gasteiger partial charge in [0.25, 0.3) is 0 Å². The molecule has 0 heterocycles. The molecular weight excluding hydrogens is 328 g/mol. The van der Waals surface area contributed by atoms with E-state index in [0.717, 1.165) is 11.1 Å². The first kappa shape index (κ1) is 19.5. The Balaban J connectivity index is 2.03. The quantitative estimate of drug-likeness (QED) is 0.757. The van der Waals surface area contributed by atoms with Gasteiger partial charge in [-0.1, -0.05) is 49.4 Å². The molecule has 2 aromatic carbocycles. The Labute approximate surface area is 154 Å². The van der Waals surface area contributed by atoms with Crippen molar-refractivity contribution < 1.29 is 14.7 Å². The lowest BCUT2D eigenvalue weighted by Crippen LogP contribution is -2.39. The van der Waals surface area contributed by atoms with Gasteiger partial charge in [-0.3, -0.25) is 4.79 Å². The highest BCUT2D eigenvalue weighted by Crippen LogP contribution is 2.21. The maximum atomic E-state index is 12.7. The summed E-state index contributed by atoms with van der Waals surface area (Å²) in [4.78, 5) is 25.3. The summed E-state index contributed by atoms with van der Waals surface area (Å²) in [5.41, 5.74) is 2.71. The molecule has 5 heteroatoms. The second kappa shape index (κ2) is 9.04. The Hall–Kier alpha value is -2.82. The smallest absolute Gasteiger partial charge is 0.322 e. The van der Waals surface area contributed by atoms with Crippen molar-refractivity contribution in [3.63, 3.8) is 0 Å². The van der Waals surface area contributed by atoms with Crippen molar-refractivity contribution in [1.29, 1.82) is 0 Å². The predicted molar refractivity (Wildman–Crippen MR) is 103 cm³/mol. The lowest BCUT2D eigenvalue weighted by molar-refractivity contribution is -0.137. The number of carbonyl (C=O) groups excluding carboxylic acids is 1. The van der Waals surface area contributed by atoms with Crippen LogP contribution in [0.15, 0.2) is 54.6 Å². The Morgan fingerprint density at radius 2 is 1.62 bits per heavy atom. The van der Waals surface area contributed by atoms with Crippen LogP contribution in [0.4, 0.5) is 10.5 Å². The van der Waals surface area contributed by atoms with E-state index in [1.807, 2.05) is 75.4 Å². The maximum Gasteiger partial charge on any atom is 0.322 e. The van der Waals surface area contributed by atoms with Gasteiger partial charge in [-0.25, -0.2) is 4.79 Å². The van der Waals surface area contributed by atoms with Crippen LogP contribution in [0, 0.1) is 0 Å². The molecule has 2 amide bonds. The van der Waals surface area contributed by atoms with E-state index >= 15 is 0 Å². The molecule has 0 aliphatic carbocycles. The third kappa shape index (κ3) is 5.62. The molecule has 0 bridgehead atoms. The molecule has 0 aliphatic heterocycles. The van der Waals surface area contributed by atoms with E-state index in [-0.39, 0.29) is 24.4 Å². The van der Waals surface area contributed by atoms with E-state index in [4.69, 9.17) is 5.11 Å². The number of nitrogens with zero attached hydrogens (tertiary/aromatic N) is 1. The van der Waals surface area contributed by atoms with Gasteiger partial charge in [-0.15, -0.1) is 0 Å². The van der Waals surface area contributed by atoms with Crippen LogP contribution in [-0.2, 0) is 11.3 Å². The number of urea groups is 1. The zero-order valence-electron chi connectivity index (χ0n) is 15.5. The Morgan fingerprint density at radius 1 is 1.00 bits per heavy atom. The van der Waals surface area contributed by atoms with Gasteiger partial charge in [0.05, 0.1) is 6.42 Å². The third-order valence-electron chi connectivity index (χ3n) is 4.29. The zero-order valence-corrected chi connectivity index (χ0v) is 15.5. The average Bonchev–Trinajstić information content (AvgIpc) is 2.60. The zero-order chi connectivity index (χ0) is 19.1. The fraction of sp³-hybridized carbons (Fsp3) is 0.333. The minimum atomic E-state index is -0.816. The van der Waals surface area contributed by atoms with Crippen LogP contribution < -0.4 is 5.32 Å². The second-order valence-corrected chi connectivity index (χ2v) is 6.76. The molecule has 0 saturated carbocycles. The second-order valence-electron chi connectivity index (χ2n) is 6.76. The third-order valence-corrected chi connectivity index (χ3v) is 4.29. The summed E-state index contributed by atoms with van der Waals surface area (Å²) in [5.74, 6) is -0.883. The molecule has 5 nitrogen and oxygen atoms in total. The van der Waals surface area contributed by atoms with Crippen LogP contribution in [0.2, 0.25) is 0 Å². The summed E-state index contributed by atoms with van der Waals surface area (Å²) < 4.78 is 0. The monoisotopic (exact) mass is 354 g/mol. The van der Waals surface area contributed by atoms with E-state index in [0.29, 0.717) is 12.2 Å². The molecule has 0 aromatic heterocycles. The number of hydrogen-bond acceptors (Lipinski definition) is 2. The molecule has 1 atom stereocenters. The molecule has 2 rings (SSSR count). The van der Waals surface area contributed by atoms with Crippen LogP contribution in [-0.4, -0.2) is 28.0 Å². The first-order valence-electron chi connectivity index (χ1n) is 8.80. The molecule has 0 aliphatic rings. The SMILES string of the molecule is CC(CC(=O)O)c1ccc(NC(=O)N(Cc2ccccc2)C(C)C)cc1. The van der Waals surface area contributed by atoms with Crippen LogP contribution in [0.3, 0.4) is 0 Å². The van der Waals surface area contributed by atoms with Crippen molar-refractivity contribution in [3.8, 4) is 0 Å². The van der Waals surface area contributed by atoms with Gasteiger partial charge < -0.3 is 15.3 Å². The van der Waals surface area contributed by atoms with Gasteiger partial charge in [0.2, 0.25) is 0 Å². The first-order valence-corrected chi connectivity index (χ1v) is 8.80. The van der Waals surface area contributed by atoms with Gasteiger partial charge in [0.1, 0.15) is 0 Å². The lowest BCUT2D eigenvalue weighted by Gasteiger charge is -2.27. The van der Waals surface area contributed by atoms with E-state index in [1.54, 1.807) is 4.90 Å². The van der Waals surface area contributed by atoms with Gasteiger partial charge >= 0.3 is 12.0 Å². The molecule has 0 spiro atoms. The summed E-state index contributed by atoms with van der Waals surface area (Å²) in [6, 6.07) is 17.1. The number of anilines is 1. The minimum absolute atomic E-state index is 0.0602. The van der Waals surface area contributed by atoms with Crippen molar-refractivity contribution in [2.75, 3.05) is 5.32 Å². The lowest BCUT2D eigenvalue weighted by atomic mass is 9.98. The largest absolute Gasteiger partial charge is 0.481 e. The number of carbonyl (C=O) groups is 2. The van der Waals surface area contributed by atoms with Crippen LogP contribution >= 0.6 is 0 Å². The van der Waals surface area contributed by atoms with Gasteiger partial charge in [0, 0.05) is 18.3 Å². The van der Waals surface area contributed by atoms with Gasteiger partial charge in [-0.2, -0.15) is 0 Å². The molecule has 138 valence electrons. The highest BCUT2D eigenvalue weighted by molar-refractivity contribution is 5.89. The number of nitrogens with one attached hydrogen (secondary N) is 1. The van der Waals surface area contributed by atoms with E-state index < -0.39 is 5.97 Å². The van der Waals surface area contributed by atoms with Gasteiger partial charge in [-0.05, 0) is 43.0 Å². The number of aliphatic carboxylic acids is 1. The minimum Gasteiger partial charge on any atom is -0.481 e. The van der Waals surface area contributed by atoms with Crippen molar-refractivity contribution >= 4 is 17.7 Å². The normalized spacial score (nSPS) is 11.8. The number of carboxylic acid groups (broad SMARTS) is 1. The fourth-order valence-electron chi connectivity index (χ4n) is 2.74. The molecule has 0 fully saturated rings. The highest BCUT2D eigenvalue weighted by Gasteiger charge is 2.17. The number of amides is 2. The molecule has 1 unspecified atom stereocenters. The maximum absolute atomic E-state index is 12.7. The molecular formula is C21H26N2O3. The van der Waals surface area contributed by atoms with E-state index in [9.17, 15) is 9.59 Å². The van der Waals surface area contributed by atoms with Crippen LogP contribution in [0.1, 0.15) is 44.2 Å². The van der Waals surface area contributed by atoms with Crippen molar-refractivity contribution in [2.45, 2.75) is 45.7 Å². The standard InChI is InChI=1S/C21H26N2O3/c1-15(2)23(14-17-7-5-4-6-8-17)21(26)22-19-11-9-18(10-12-19)16(3)13-20(24)25/h4-12,15-16H,13-14H2,1-3H3,(H,22,26)(H,24,25). The van der Waals surface area contributed by atoms with E-state index in [1.165, 1.54) is 0 Å². The van der Waals surface area contributed by atoms with Crippen LogP contribution in [0.25, 0.3) is 0 Å². The Bertz CT molecular complexity index is 727. The van der Waals surface area contributed by atoms with Crippen molar-refractivity contribution in [2.24, 2.45) is 0 Å². The first-order chi connectivity index (χ1) is 12.4. The molecule has 26 heavy (non-hydrogen) atoms. The van der Waals surface area contributed by atoms with Crippen LogP contribution in [0.5, 0.6) is 0 Å². The summed E-state index contributed by atoms with van der Waals surface area (Å²) >= 11 is 0.